The molecule has 0 unspecified atom stereocenters. The van der Waals surface area contributed by atoms with Gasteiger partial charge < -0.3 is 0 Å². The van der Waals surface area contributed by atoms with Gasteiger partial charge in [0.2, 0.25) is 0 Å². The molecule has 1 radical (unpaired) electrons. The monoisotopic (exact) mass is 400 g/mol. The summed E-state index contributed by atoms with van der Waals surface area (Å²) in [5.74, 6) is 0. The van der Waals surface area contributed by atoms with Crippen LogP contribution in [0.15, 0.2) is 0 Å². The third kappa shape index (κ3) is 9.90. The first-order chi connectivity index (χ1) is 5.81. The molecule has 3 heteroatoms. The van der Waals surface area contributed by atoms with Crippen LogP contribution in [0, 0.1) is 0 Å². The average molecular weight is 398 g/mol. The fourth-order valence-electron chi connectivity index (χ4n) is 0.827. The normalized spacial score (nSPS) is 9.83. The maximum atomic E-state index is 4.38. The Hall–Kier alpha value is 1.82. The van der Waals surface area contributed by atoms with Gasteiger partial charge in [-0.3, -0.25) is 0 Å². The van der Waals surface area contributed by atoms with Crippen LogP contribution in [0.3, 0.4) is 0 Å². The van der Waals surface area contributed by atoms with Crippen LogP contribution in [0.1, 0.15) is 39.5 Å². The van der Waals surface area contributed by atoms with E-state index in [2.05, 4.69) is 24.5 Å². The van der Waals surface area contributed by atoms with Crippen molar-refractivity contribution in [1.29, 1.82) is 0 Å². The van der Waals surface area contributed by atoms with Gasteiger partial charge in [0.1, 0.15) is 0 Å². The molecule has 0 amide bonds. The number of unbranched alkanes of at least 4 members (excludes halogenated alkanes) is 2. The van der Waals surface area contributed by atoms with Crippen molar-refractivity contribution in [3.63, 3.8) is 0 Å². The first-order valence-corrected chi connectivity index (χ1v) is 18.7. The molecule has 12 heavy (non-hydrogen) atoms. The predicted molar refractivity (Wildman–Crippen MR) is 65.7 cm³/mol. The van der Waals surface area contributed by atoms with Gasteiger partial charge in [-0.15, -0.1) is 0 Å². The van der Waals surface area contributed by atoms with Crippen LogP contribution in [-0.4, -0.2) is 42.2 Å². The summed E-state index contributed by atoms with van der Waals surface area (Å²) < 4.78 is 7.51. The second kappa shape index (κ2) is 10.9. The van der Waals surface area contributed by atoms with E-state index >= 15 is 0 Å². The third-order valence-electron chi connectivity index (χ3n) is 1.66. The van der Waals surface area contributed by atoms with Gasteiger partial charge in [-0.2, -0.15) is 0 Å². The molecule has 0 aromatic rings. The molecule has 0 aliphatic heterocycles. The molecule has 0 saturated heterocycles. The molecule has 0 bridgehead atoms. The zero-order valence-electron chi connectivity index (χ0n) is 8.36. The van der Waals surface area contributed by atoms with Gasteiger partial charge in [0, 0.05) is 0 Å². The summed E-state index contributed by atoms with van der Waals surface area (Å²) in [6, 6.07) is 0. The zero-order valence-corrected chi connectivity index (χ0v) is 14.9. The molecule has 0 heterocycles. The van der Waals surface area contributed by atoms with Crippen LogP contribution in [0.4, 0.5) is 0 Å². The summed E-state index contributed by atoms with van der Waals surface area (Å²) in [7, 11) is 0. The number of rotatable bonds is 8. The molecule has 0 nitrogen and oxygen atoms in total. The summed E-state index contributed by atoms with van der Waals surface area (Å²) in [4.78, 5) is 0. The Morgan fingerprint density at radius 3 is 2.50 bits per heavy atom. The molecule has 0 atom stereocenters. The molecule has 0 aliphatic carbocycles. The van der Waals surface area contributed by atoms with E-state index < -0.39 is 17.9 Å². The molecule has 0 aliphatic rings. The Labute approximate surface area is 95.6 Å². The van der Waals surface area contributed by atoms with Crippen molar-refractivity contribution in [2.75, 3.05) is 0 Å². The van der Waals surface area contributed by atoms with E-state index in [0.29, 0.717) is 0 Å². The predicted octanol–water partition coefficient (Wildman–Crippen LogP) is 3.36. The van der Waals surface area contributed by atoms with Crippen LogP contribution in [0.5, 0.6) is 0 Å². The van der Waals surface area contributed by atoms with Crippen LogP contribution in [0.2, 0.25) is 8.87 Å². The quantitative estimate of drug-likeness (QED) is 0.447. The molecule has 0 rings (SSSR count). The van der Waals surface area contributed by atoms with E-state index in [4.69, 9.17) is 0 Å². The van der Waals surface area contributed by atoms with E-state index in [1.54, 1.807) is 4.44 Å². The van der Waals surface area contributed by atoms with Gasteiger partial charge in [0.05, 0.1) is 0 Å². The van der Waals surface area contributed by atoms with Crippen molar-refractivity contribution >= 4 is 48.3 Å². The van der Waals surface area contributed by atoms with Gasteiger partial charge in [-0.1, -0.05) is 0 Å². The fourth-order valence-corrected chi connectivity index (χ4v) is 33.7. The molecule has 0 aromatic carbocycles. The van der Waals surface area contributed by atoms with Crippen molar-refractivity contribution in [2.45, 2.75) is 48.4 Å². The number of hydrogen-bond donors (Lipinski definition) is 0. The fraction of sp³-hybridized carbons (Fsp3) is 0.889. The van der Waals surface area contributed by atoms with E-state index in [9.17, 15) is 0 Å². The average Bonchev–Trinajstić information content (AvgIpc) is 2.09. The summed E-state index contributed by atoms with van der Waals surface area (Å²) >= 11 is -1.02. The Kier molecular flexibility index (Phi) is 12.5. The SMILES string of the molecule is [CH2]=[Sn]([CH2]CCC)[S][Sn+][CH2]CCC. The van der Waals surface area contributed by atoms with Crippen LogP contribution in [0.25, 0.3) is 0 Å². The first-order valence-electron chi connectivity index (χ1n) is 4.88. The van der Waals surface area contributed by atoms with E-state index in [1.807, 2.05) is 0 Å². The molecular weight excluding hydrogens is 378 g/mol. The standard InChI is InChI=1S/2C4H9.CH2.S.2Sn/c2*1-3-4-2;;;;/h2*1,3-4H2,2H3;1H2;;;/q;;;;;+1. The molecule has 0 saturated carbocycles. The molecule has 0 N–H and O–H groups in total. The van der Waals surface area contributed by atoms with E-state index in [1.165, 1.54) is 30.1 Å². The Bertz CT molecular complexity index is 115. The molecular formula is C9H20SSn2+. The second-order valence-corrected chi connectivity index (χ2v) is 29.2. The van der Waals surface area contributed by atoms with E-state index in [0.717, 1.165) is 0 Å². The summed E-state index contributed by atoms with van der Waals surface area (Å²) in [6.07, 6.45) is 8.13. The maximum absolute atomic E-state index is 4.38. The molecule has 0 aromatic heterocycles. The van der Waals surface area contributed by atoms with Crippen molar-refractivity contribution in [1.82, 2.24) is 0 Å². The minimum atomic E-state index is -1.03. The van der Waals surface area contributed by atoms with Gasteiger partial charge >= 0.3 is 96.7 Å². The Balaban J connectivity index is 3.08. The Morgan fingerprint density at radius 1 is 1.25 bits per heavy atom. The zero-order chi connectivity index (χ0) is 9.23. The summed E-state index contributed by atoms with van der Waals surface area (Å²) in [5, 5.41) is 0. The number of hydrogen-bond acceptors (Lipinski definition) is 1. The topological polar surface area (TPSA) is 0 Å². The van der Waals surface area contributed by atoms with Crippen molar-refractivity contribution in [3.8, 4) is 0 Å². The van der Waals surface area contributed by atoms with Gasteiger partial charge in [-0.25, -0.2) is 0 Å². The Morgan fingerprint density at radius 2 is 1.92 bits per heavy atom. The van der Waals surface area contributed by atoms with Gasteiger partial charge in [-0.05, 0) is 0 Å². The summed E-state index contributed by atoms with van der Waals surface area (Å²) in [6.45, 7) is 4.59. The third-order valence-corrected chi connectivity index (χ3v) is 37.6. The summed E-state index contributed by atoms with van der Waals surface area (Å²) in [5.41, 5.74) is 0. The second-order valence-electron chi connectivity index (χ2n) is 2.99. The van der Waals surface area contributed by atoms with Gasteiger partial charge in [0.25, 0.3) is 0 Å². The van der Waals surface area contributed by atoms with Crippen molar-refractivity contribution in [3.05, 3.63) is 0 Å². The minimum absolute atomic E-state index is 0.0129. The molecule has 0 fully saturated rings. The van der Waals surface area contributed by atoms with Crippen LogP contribution >= 0.6 is 6.13 Å². The van der Waals surface area contributed by atoms with Crippen molar-refractivity contribution < 1.29 is 0 Å². The van der Waals surface area contributed by atoms with Crippen LogP contribution < -0.4 is 0 Å². The molecule has 69 valence electrons. The van der Waals surface area contributed by atoms with Crippen molar-refractivity contribution in [2.24, 2.45) is 0 Å². The first kappa shape index (κ1) is 13.8. The molecule has 0 spiro atoms. The van der Waals surface area contributed by atoms with E-state index in [-0.39, 0.29) is 19.8 Å². The van der Waals surface area contributed by atoms with Gasteiger partial charge in [0.15, 0.2) is 0 Å². The van der Waals surface area contributed by atoms with Crippen LogP contribution in [-0.2, 0) is 0 Å².